The summed E-state index contributed by atoms with van der Waals surface area (Å²) in [5, 5.41) is 3.50. The summed E-state index contributed by atoms with van der Waals surface area (Å²) in [5.74, 6) is 0. The van der Waals surface area contributed by atoms with Crippen molar-refractivity contribution in [2.45, 2.75) is 46.1 Å². The van der Waals surface area contributed by atoms with E-state index in [1.807, 2.05) is 0 Å². The molecule has 0 saturated heterocycles. The van der Waals surface area contributed by atoms with Gasteiger partial charge in [-0.15, -0.1) is 0 Å². The van der Waals surface area contributed by atoms with Crippen LogP contribution in [0.25, 0.3) is 0 Å². The first-order valence-electron chi connectivity index (χ1n) is 4.48. The second-order valence-electron chi connectivity index (χ2n) is 3.50. The summed E-state index contributed by atoms with van der Waals surface area (Å²) in [5.41, 5.74) is 0.690. The van der Waals surface area contributed by atoms with Gasteiger partial charge in [-0.3, -0.25) is 0 Å². The molecule has 0 aromatic carbocycles. The molecule has 1 N–H and O–H groups in total. The highest BCUT2D eigenvalue weighted by Gasteiger charge is 2.44. The minimum atomic E-state index is 0.690. The van der Waals surface area contributed by atoms with Crippen LogP contribution in [0.5, 0.6) is 0 Å². The first kappa shape index (κ1) is 8.06. The maximum absolute atomic E-state index is 3.50. The van der Waals surface area contributed by atoms with Crippen LogP contribution < -0.4 is 5.32 Å². The van der Waals surface area contributed by atoms with E-state index in [-0.39, 0.29) is 0 Å². The number of rotatable bonds is 4. The third-order valence-corrected chi connectivity index (χ3v) is 3.03. The van der Waals surface area contributed by atoms with Gasteiger partial charge in [0.15, 0.2) is 0 Å². The first-order chi connectivity index (χ1) is 4.75. The largest absolute Gasteiger partial charge is 0.314 e. The lowest BCUT2D eigenvalue weighted by Crippen LogP contribution is -2.34. The van der Waals surface area contributed by atoms with Crippen LogP contribution in [0.3, 0.4) is 0 Å². The van der Waals surface area contributed by atoms with Gasteiger partial charge in [0.25, 0.3) is 0 Å². The Morgan fingerprint density at radius 2 is 2.00 bits per heavy atom. The van der Waals surface area contributed by atoms with Gasteiger partial charge >= 0.3 is 0 Å². The fraction of sp³-hybridized carbons (Fsp3) is 1.00. The third-order valence-electron chi connectivity index (χ3n) is 3.03. The first-order valence-corrected chi connectivity index (χ1v) is 4.48. The summed E-state index contributed by atoms with van der Waals surface area (Å²) < 4.78 is 0. The van der Waals surface area contributed by atoms with E-state index < -0.39 is 0 Å². The van der Waals surface area contributed by atoms with Crippen molar-refractivity contribution < 1.29 is 0 Å². The van der Waals surface area contributed by atoms with Gasteiger partial charge in [-0.1, -0.05) is 13.8 Å². The molecule has 1 rings (SSSR count). The van der Waals surface area contributed by atoms with Crippen LogP contribution in [0, 0.1) is 5.41 Å². The Morgan fingerprint density at radius 3 is 2.30 bits per heavy atom. The third kappa shape index (κ3) is 1.34. The summed E-state index contributed by atoms with van der Waals surface area (Å²) >= 11 is 0. The molecule has 1 fully saturated rings. The molecule has 60 valence electrons. The minimum Gasteiger partial charge on any atom is -0.314 e. The van der Waals surface area contributed by atoms with Crippen molar-refractivity contribution in [1.82, 2.24) is 5.32 Å². The quantitative estimate of drug-likeness (QED) is 0.632. The van der Waals surface area contributed by atoms with E-state index >= 15 is 0 Å². The molecule has 10 heavy (non-hydrogen) atoms. The lowest BCUT2D eigenvalue weighted by atomic mass is 9.95. The monoisotopic (exact) mass is 141 g/mol. The smallest absolute Gasteiger partial charge is 0.00949 e. The van der Waals surface area contributed by atoms with E-state index in [9.17, 15) is 0 Å². The summed E-state index contributed by atoms with van der Waals surface area (Å²) in [4.78, 5) is 0. The molecule has 0 radical (unpaired) electrons. The molecule has 1 aliphatic rings. The molecular weight excluding hydrogens is 122 g/mol. The highest BCUT2D eigenvalue weighted by molar-refractivity contribution is 4.98. The Balaban J connectivity index is 2.32. The average molecular weight is 141 g/mol. The van der Waals surface area contributed by atoms with Gasteiger partial charge in [-0.2, -0.15) is 0 Å². The molecule has 0 heterocycles. The van der Waals surface area contributed by atoms with Crippen LogP contribution in [0.1, 0.15) is 40.0 Å². The van der Waals surface area contributed by atoms with Crippen molar-refractivity contribution in [3.05, 3.63) is 0 Å². The summed E-state index contributed by atoms with van der Waals surface area (Å²) in [7, 11) is 0. The Morgan fingerprint density at radius 1 is 1.40 bits per heavy atom. The van der Waals surface area contributed by atoms with Crippen molar-refractivity contribution >= 4 is 0 Å². The van der Waals surface area contributed by atoms with Crippen LogP contribution in [-0.4, -0.2) is 12.6 Å². The fourth-order valence-corrected chi connectivity index (χ4v) is 1.78. The Bertz CT molecular complexity index is 105. The molecule has 0 spiro atoms. The Labute approximate surface area is 64.2 Å². The zero-order valence-corrected chi connectivity index (χ0v) is 7.41. The zero-order valence-electron chi connectivity index (χ0n) is 7.41. The van der Waals surface area contributed by atoms with Crippen molar-refractivity contribution in [1.29, 1.82) is 0 Å². The summed E-state index contributed by atoms with van der Waals surface area (Å²) in [6, 6.07) is 0.738. The second-order valence-corrected chi connectivity index (χ2v) is 3.50. The molecule has 1 heteroatoms. The van der Waals surface area contributed by atoms with Gasteiger partial charge in [0, 0.05) is 6.04 Å². The van der Waals surface area contributed by atoms with Gasteiger partial charge in [-0.25, -0.2) is 0 Å². The summed E-state index contributed by atoms with van der Waals surface area (Å²) in [6.45, 7) is 7.92. The molecule has 1 saturated carbocycles. The Kier molecular flexibility index (Phi) is 2.35. The van der Waals surface area contributed by atoms with Gasteiger partial charge < -0.3 is 5.32 Å². The molecule has 1 nitrogen and oxygen atoms in total. The predicted octanol–water partition coefficient (Wildman–Crippen LogP) is 2.17. The number of hydrogen-bond donors (Lipinski definition) is 1. The van der Waals surface area contributed by atoms with E-state index in [0.717, 1.165) is 12.6 Å². The SMILES string of the molecule is CCNC(C)C1(CC)CC1. The van der Waals surface area contributed by atoms with Crippen molar-refractivity contribution in [3.8, 4) is 0 Å². The molecule has 0 aromatic heterocycles. The zero-order chi connectivity index (χ0) is 7.61. The van der Waals surface area contributed by atoms with Crippen LogP contribution in [0.2, 0.25) is 0 Å². The van der Waals surface area contributed by atoms with Crippen LogP contribution in [-0.2, 0) is 0 Å². The van der Waals surface area contributed by atoms with E-state index in [2.05, 4.69) is 26.1 Å². The van der Waals surface area contributed by atoms with E-state index in [1.54, 1.807) is 0 Å². The van der Waals surface area contributed by atoms with Crippen molar-refractivity contribution in [2.24, 2.45) is 5.41 Å². The molecule has 1 atom stereocenters. The van der Waals surface area contributed by atoms with E-state index in [1.165, 1.54) is 19.3 Å². The van der Waals surface area contributed by atoms with Crippen molar-refractivity contribution in [2.75, 3.05) is 6.54 Å². The fourth-order valence-electron chi connectivity index (χ4n) is 1.78. The average Bonchev–Trinajstić information content (AvgIpc) is 2.68. The topological polar surface area (TPSA) is 12.0 Å². The lowest BCUT2D eigenvalue weighted by molar-refractivity contribution is 0.347. The predicted molar refractivity (Wildman–Crippen MR) is 45.1 cm³/mol. The molecule has 0 bridgehead atoms. The normalized spacial score (nSPS) is 24.3. The van der Waals surface area contributed by atoms with Gasteiger partial charge in [-0.05, 0) is 38.1 Å². The van der Waals surface area contributed by atoms with Crippen molar-refractivity contribution in [3.63, 3.8) is 0 Å². The van der Waals surface area contributed by atoms with E-state index in [0.29, 0.717) is 5.41 Å². The molecule has 0 aliphatic heterocycles. The van der Waals surface area contributed by atoms with Crippen LogP contribution >= 0.6 is 0 Å². The van der Waals surface area contributed by atoms with Crippen LogP contribution in [0.15, 0.2) is 0 Å². The maximum Gasteiger partial charge on any atom is 0.00949 e. The number of hydrogen-bond acceptors (Lipinski definition) is 1. The molecule has 0 aromatic rings. The molecule has 1 aliphatic carbocycles. The van der Waals surface area contributed by atoms with Crippen LogP contribution in [0.4, 0.5) is 0 Å². The Hall–Kier alpha value is -0.0400. The highest BCUT2D eigenvalue weighted by Crippen LogP contribution is 2.51. The highest BCUT2D eigenvalue weighted by atomic mass is 14.9. The number of nitrogens with one attached hydrogen (secondary N) is 1. The summed E-state index contributed by atoms with van der Waals surface area (Å²) in [6.07, 6.45) is 4.23. The second kappa shape index (κ2) is 2.91. The maximum atomic E-state index is 3.50. The van der Waals surface area contributed by atoms with E-state index in [4.69, 9.17) is 0 Å². The van der Waals surface area contributed by atoms with Gasteiger partial charge in [0.1, 0.15) is 0 Å². The standard InChI is InChI=1S/C9H19N/c1-4-9(6-7-9)8(3)10-5-2/h8,10H,4-7H2,1-3H3. The molecular formula is C9H19N. The molecule has 0 amide bonds. The minimum absolute atomic E-state index is 0.690. The lowest BCUT2D eigenvalue weighted by Gasteiger charge is -2.22. The van der Waals surface area contributed by atoms with Gasteiger partial charge in [0.05, 0.1) is 0 Å². The molecule has 1 unspecified atom stereocenters. The van der Waals surface area contributed by atoms with Gasteiger partial charge in [0.2, 0.25) is 0 Å².